The Morgan fingerprint density at radius 1 is 1.40 bits per heavy atom. The minimum atomic E-state index is -0.555. The van der Waals surface area contributed by atoms with Gasteiger partial charge in [-0.05, 0) is 13.3 Å². The Labute approximate surface area is 90.7 Å². The monoisotopic (exact) mass is 213 g/mol. The van der Waals surface area contributed by atoms with Gasteiger partial charge >= 0.3 is 0 Å². The van der Waals surface area contributed by atoms with E-state index in [0.29, 0.717) is 13.0 Å². The van der Waals surface area contributed by atoms with Crippen LogP contribution in [-0.4, -0.2) is 31.1 Å². The average Bonchev–Trinajstić information content (AvgIpc) is 2.25. The smallest absolute Gasteiger partial charge is 0.235 e. The van der Waals surface area contributed by atoms with Crippen molar-refractivity contribution in [3.05, 3.63) is 0 Å². The summed E-state index contributed by atoms with van der Waals surface area (Å²) in [5.41, 5.74) is 0. The molecule has 0 saturated carbocycles. The zero-order chi connectivity index (χ0) is 11.5. The molecule has 0 bridgehead atoms. The molecule has 0 aliphatic rings. The number of hydrogen-bond acceptors (Lipinski definition) is 4. The first-order valence-corrected chi connectivity index (χ1v) is 5.43. The molecule has 0 aliphatic carbocycles. The van der Waals surface area contributed by atoms with Crippen molar-refractivity contribution < 1.29 is 14.3 Å². The summed E-state index contributed by atoms with van der Waals surface area (Å²) in [4.78, 5) is 25.1. The number of unbranched alkanes of at least 4 members (excludes halogenated alkanes) is 2. The van der Waals surface area contributed by atoms with Crippen molar-refractivity contribution in [2.45, 2.75) is 45.6 Å². The van der Waals surface area contributed by atoms with E-state index >= 15 is 0 Å². The normalized spacial score (nSPS) is 11.9. The highest BCUT2D eigenvalue weighted by atomic mass is 16.5. The van der Waals surface area contributed by atoms with Gasteiger partial charge in [-0.25, -0.2) is 4.79 Å². The minimum absolute atomic E-state index is 0.0402. The van der Waals surface area contributed by atoms with E-state index in [-0.39, 0.29) is 12.4 Å². The summed E-state index contributed by atoms with van der Waals surface area (Å²) in [5, 5.41) is 0. The van der Waals surface area contributed by atoms with E-state index in [1.165, 1.54) is 6.08 Å². The van der Waals surface area contributed by atoms with Crippen LogP contribution in [0.1, 0.15) is 39.5 Å². The van der Waals surface area contributed by atoms with Crippen LogP contribution in [0.5, 0.6) is 0 Å². The molecule has 0 amide bonds. The average molecular weight is 213 g/mol. The van der Waals surface area contributed by atoms with Gasteiger partial charge in [-0.1, -0.05) is 26.2 Å². The minimum Gasteiger partial charge on any atom is -0.374 e. The molecule has 0 aromatic rings. The molecule has 86 valence electrons. The van der Waals surface area contributed by atoms with Gasteiger partial charge in [0, 0.05) is 6.61 Å². The van der Waals surface area contributed by atoms with Crippen molar-refractivity contribution in [3.8, 4) is 0 Å². The number of Topliss-reactive ketones (excluding diaryl/α,β-unsaturated/α-hetero) is 1. The molecule has 0 fully saturated rings. The van der Waals surface area contributed by atoms with E-state index in [9.17, 15) is 9.59 Å². The quantitative estimate of drug-likeness (QED) is 0.334. The van der Waals surface area contributed by atoms with Crippen LogP contribution in [0.15, 0.2) is 4.99 Å². The largest absolute Gasteiger partial charge is 0.374 e. The molecule has 1 unspecified atom stereocenters. The van der Waals surface area contributed by atoms with E-state index < -0.39 is 6.04 Å². The summed E-state index contributed by atoms with van der Waals surface area (Å²) < 4.78 is 4.99. The fourth-order valence-electron chi connectivity index (χ4n) is 1.25. The van der Waals surface area contributed by atoms with E-state index in [4.69, 9.17) is 4.74 Å². The zero-order valence-corrected chi connectivity index (χ0v) is 9.49. The standard InChI is InChI=1S/C11H19NO3/c1-3-5-6-7-10(12-9-13)11(14)8-15-4-2/h10H,3-8H2,1-2H3. The van der Waals surface area contributed by atoms with Crippen LogP contribution in [0, 0.1) is 0 Å². The van der Waals surface area contributed by atoms with Crippen molar-refractivity contribution >= 4 is 11.9 Å². The third-order valence-electron chi connectivity index (χ3n) is 2.11. The van der Waals surface area contributed by atoms with Crippen LogP contribution in [0.4, 0.5) is 0 Å². The summed E-state index contributed by atoms with van der Waals surface area (Å²) in [6.45, 7) is 4.44. The van der Waals surface area contributed by atoms with Crippen molar-refractivity contribution in [1.29, 1.82) is 0 Å². The van der Waals surface area contributed by atoms with Crippen LogP contribution in [0.25, 0.3) is 0 Å². The molecule has 0 spiro atoms. The molecular formula is C11H19NO3. The van der Waals surface area contributed by atoms with Crippen LogP contribution in [0.2, 0.25) is 0 Å². The molecular weight excluding hydrogens is 194 g/mol. The summed E-state index contributed by atoms with van der Waals surface area (Å²) in [5.74, 6) is -0.128. The maximum atomic E-state index is 11.5. The number of carbonyl (C=O) groups is 1. The van der Waals surface area contributed by atoms with Crippen molar-refractivity contribution in [3.63, 3.8) is 0 Å². The first kappa shape index (κ1) is 14.0. The molecule has 15 heavy (non-hydrogen) atoms. The van der Waals surface area contributed by atoms with Gasteiger partial charge in [0.15, 0.2) is 5.78 Å². The van der Waals surface area contributed by atoms with Gasteiger partial charge in [0.1, 0.15) is 12.6 Å². The lowest BCUT2D eigenvalue weighted by atomic mass is 10.1. The number of rotatable bonds is 9. The van der Waals surface area contributed by atoms with Gasteiger partial charge in [0.05, 0.1) is 0 Å². The Morgan fingerprint density at radius 3 is 2.67 bits per heavy atom. The van der Waals surface area contributed by atoms with Crippen molar-refractivity contribution in [1.82, 2.24) is 0 Å². The number of hydrogen-bond donors (Lipinski definition) is 0. The van der Waals surface area contributed by atoms with Gasteiger partial charge in [-0.15, -0.1) is 0 Å². The number of ether oxygens (including phenoxy) is 1. The fourth-order valence-corrected chi connectivity index (χ4v) is 1.25. The number of ketones is 1. The lowest BCUT2D eigenvalue weighted by molar-refractivity contribution is -0.124. The Kier molecular flexibility index (Phi) is 8.93. The Morgan fingerprint density at radius 2 is 2.13 bits per heavy atom. The molecule has 0 saturated heterocycles. The van der Waals surface area contributed by atoms with Crippen LogP contribution in [0.3, 0.4) is 0 Å². The Balaban J connectivity index is 4.00. The van der Waals surface area contributed by atoms with Crippen LogP contribution >= 0.6 is 0 Å². The highest BCUT2D eigenvalue weighted by molar-refractivity contribution is 5.85. The molecule has 4 heteroatoms. The highest BCUT2D eigenvalue weighted by Gasteiger charge is 2.16. The summed E-state index contributed by atoms with van der Waals surface area (Å²) in [6, 6.07) is -0.555. The SMILES string of the molecule is CCCCCC(N=C=O)C(=O)COCC. The Hall–Kier alpha value is -0.990. The van der Waals surface area contributed by atoms with E-state index in [1.807, 2.05) is 6.92 Å². The summed E-state index contributed by atoms with van der Waals surface area (Å²) in [7, 11) is 0. The maximum absolute atomic E-state index is 11.5. The molecule has 0 aliphatic heterocycles. The molecule has 1 atom stereocenters. The first-order chi connectivity index (χ1) is 7.26. The van der Waals surface area contributed by atoms with Crippen molar-refractivity contribution in [2.75, 3.05) is 13.2 Å². The number of carbonyl (C=O) groups excluding carboxylic acids is 2. The topological polar surface area (TPSA) is 55.7 Å². The van der Waals surface area contributed by atoms with Gasteiger partial charge in [0.25, 0.3) is 0 Å². The fraction of sp³-hybridized carbons (Fsp3) is 0.818. The molecule has 4 nitrogen and oxygen atoms in total. The van der Waals surface area contributed by atoms with E-state index in [0.717, 1.165) is 19.3 Å². The maximum Gasteiger partial charge on any atom is 0.235 e. The van der Waals surface area contributed by atoms with Gasteiger partial charge in [0.2, 0.25) is 6.08 Å². The van der Waals surface area contributed by atoms with Gasteiger partial charge in [-0.2, -0.15) is 4.99 Å². The Bertz CT molecular complexity index is 222. The summed E-state index contributed by atoms with van der Waals surface area (Å²) >= 11 is 0. The second-order valence-corrected chi connectivity index (χ2v) is 3.34. The molecule has 0 rings (SSSR count). The van der Waals surface area contributed by atoms with E-state index in [2.05, 4.69) is 11.9 Å². The third kappa shape index (κ3) is 7.00. The molecule has 0 aromatic heterocycles. The first-order valence-electron chi connectivity index (χ1n) is 5.43. The number of aliphatic imine (C=N–C) groups is 1. The second-order valence-electron chi connectivity index (χ2n) is 3.34. The van der Waals surface area contributed by atoms with Gasteiger partial charge < -0.3 is 4.74 Å². The lowest BCUT2D eigenvalue weighted by Gasteiger charge is -2.08. The second kappa shape index (κ2) is 9.56. The zero-order valence-electron chi connectivity index (χ0n) is 9.49. The number of nitrogens with zero attached hydrogens (tertiary/aromatic N) is 1. The van der Waals surface area contributed by atoms with Crippen molar-refractivity contribution in [2.24, 2.45) is 4.99 Å². The van der Waals surface area contributed by atoms with Crippen LogP contribution in [-0.2, 0) is 14.3 Å². The van der Waals surface area contributed by atoms with Gasteiger partial charge in [-0.3, -0.25) is 4.79 Å². The predicted octanol–water partition coefficient (Wildman–Crippen LogP) is 1.88. The highest BCUT2D eigenvalue weighted by Crippen LogP contribution is 2.07. The molecule has 0 aromatic carbocycles. The molecule has 0 heterocycles. The van der Waals surface area contributed by atoms with Crippen LogP contribution < -0.4 is 0 Å². The predicted molar refractivity (Wildman–Crippen MR) is 57.6 cm³/mol. The molecule has 0 N–H and O–H groups in total. The molecule has 0 radical (unpaired) electrons. The van der Waals surface area contributed by atoms with E-state index in [1.54, 1.807) is 0 Å². The third-order valence-corrected chi connectivity index (χ3v) is 2.11. The number of isocyanates is 1. The lowest BCUT2D eigenvalue weighted by Crippen LogP contribution is -2.23. The summed E-state index contributed by atoms with van der Waals surface area (Å²) in [6.07, 6.45) is 5.11.